The molecule has 0 saturated heterocycles. The van der Waals surface area contributed by atoms with Gasteiger partial charge in [-0.05, 0) is 73.5 Å². The first-order chi connectivity index (χ1) is 17.2. The number of amides is 1. The number of carbonyl (C=O) groups is 1. The molecule has 36 heavy (non-hydrogen) atoms. The van der Waals surface area contributed by atoms with Gasteiger partial charge in [-0.25, -0.2) is 0 Å². The van der Waals surface area contributed by atoms with Crippen LogP contribution in [-0.2, 0) is 6.61 Å². The first-order valence-corrected chi connectivity index (χ1v) is 11.5. The largest absolute Gasteiger partial charge is 0.486 e. The van der Waals surface area contributed by atoms with Gasteiger partial charge in [0.1, 0.15) is 29.6 Å². The highest BCUT2D eigenvalue weighted by Gasteiger charge is 2.17. The first kappa shape index (κ1) is 25.1. The molecular weight excluding hydrogens is 507 g/mol. The van der Waals surface area contributed by atoms with Crippen molar-refractivity contribution in [2.75, 3.05) is 5.32 Å². The Labute approximate surface area is 216 Å². The molecule has 1 aromatic heterocycles. The zero-order chi connectivity index (χ0) is 25.8. The molecule has 0 bridgehead atoms. The van der Waals surface area contributed by atoms with Crippen LogP contribution in [0.5, 0.6) is 17.2 Å². The summed E-state index contributed by atoms with van der Waals surface area (Å²) in [5.41, 5.74) is 1.54. The molecule has 0 unspecified atom stereocenters. The minimum Gasteiger partial charge on any atom is -0.486 e. The van der Waals surface area contributed by atoms with Crippen molar-refractivity contribution in [1.82, 2.24) is 0 Å². The number of aryl methyl sites for hydroxylation is 2. The molecular formula is C26H20Cl2N2O6. The molecule has 0 atom stereocenters. The SMILES string of the molecule is Cc1cc(OCc2ccc(C(=O)Nc3cc(Oc4ccc(Cl)cc4C)cc([N+](=O)[O-])c3)o2)ccc1Cl. The number of halogens is 2. The van der Waals surface area contributed by atoms with Crippen LogP contribution in [0.2, 0.25) is 10.0 Å². The third-order valence-corrected chi connectivity index (χ3v) is 5.78. The van der Waals surface area contributed by atoms with Crippen LogP contribution in [0, 0.1) is 24.0 Å². The molecule has 1 amide bonds. The van der Waals surface area contributed by atoms with Gasteiger partial charge in [0.15, 0.2) is 5.76 Å². The minimum atomic E-state index is -0.585. The Balaban J connectivity index is 1.47. The normalized spacial score (nSPS) is 10.7. The zero-order valence-electron chi connectivity index (χ0n) is 19.2. The van der Waals surface area contributed by atoms with Crippen molar-refractivity contribution in [3.63, 3.8) is 0 Å². The van der Waals surface area contributed by atoms with Gasteiger partial charge in [0.05, 0.1) is 16.7 Å². The summed E-state index contributed by atoms with van der Waals surface area (Å²) in [5.74, 6) is 1.12. The van der Waals surface area contributed by atoms with E-state index in [0.717, 1.165) is 11.1 Å². The van der Waals surface area contributed by atoms with Gasteiger partial charge >= 0.3 is 0 Å². The van der Waals surface area contributed by atoms with Crippen molar-refractivity contribution < 1.29 is 23.6 Å². The maximum Gasteiger partial charge on any atom is 0.291 e. The van der Waals surface area contributed by atoms with E-state index >= 15 is 0 Å². The van der Waals surface area contributed by atoms with Crippen molar-refractivity contribution in [3.8, 4) is 17.2 Å². The van der Waals surface area contributed by atoms with Crippen LogP contribution >= 0.6 is 23.2 Å². The molecule has 1 N–H and O–H groups in total. The summed E-state index contributed by atoms with van der Waals surface area (Å²) in [6.07, 6.45) is 0. The Kier molecular flexibility index (Phi) is 7.47. The molecule has 8 nitrogen and oxygen atoms in total. The van der Waals surface area contributed by atoms with Crippen LogP contribution < -0.4 is 14.8 Å². The lowest BCUT2D eigenvalue weighted by molar-refractivity contribution is -0.384. The lowest BCUT2D eigenvalue weighted by Gasteiger charge is -2.11. The van der Waals surface area contributed by atoms with Gasteiger partial charge in [-0.3, -0.25) is 14.9 Å². The molecule has 1 heterocycles. The van der Waals surface area contributed by atoms with Gasteiger partial charge in [-0.2, -0.15) is 0 Å². The van der Waals surface area contributed by atoms with Crippen molar-refractivity contribution >= 4 is 40.5 Å². The van der Waals surface area contributed by atoms with E-state index in [9.17, 15) is 14.9 Å². The van der Waals surface area contributed by atoms with Crippen LogP contribution in [0.15, 0.2) is 71.1 Å². The number of nitrogens with one attached hydrogen (secondary N) is 1. The molecule has 0 aliphatic rings. The van der Waals surface area contributed by atoms with Crippen molar-refractivity contribution in [2.24, 2.45) is 0 Å². The smallest absolute Gasteiger partial charge is 0.291 e. The fraction of sp³-hybridized carbons (Fsp3) is 0.115. The third kappa shape index (κ3) is 6.16. The third-order valence-electron chi connectivity index (χ3n) is 5.12. The van der Waals surface area contributed by atoms with E-state index in [4.69, 9.17) is 37.1 Å². The van der Waals surface area contributed by atoms with Gasteiger partial charge in [0.25, 0.3) is 11.6 Å². The van der Waals surface area contributed by atoms with Crippen LogP contribution in [0.3, 0.4) is 0 Å². The number of benzene rings is 3. The lowest BCUT2D eigenvalue weighted by atomic mass is 10.2. The Morgan fingerprint density at radius 3 is 2.50 bits per heavy atom. The standard InChI is InChI=1S/C26H20Cl2N2O6/c1-15-10-20(4-6-23(15)28)34-14-21-5-8-25(35-21)26(31)29-18-11-19(30(32)33)13-22(12-18)36-24-7-3-17(27)9-16(24)2/h3-13H,14H2,1-2H3,(H,29,31). The van der Waals surface area contributed by atoms with Gasteiger partial charge in [0, 0.05) is 22.2 Å². The molecule has 0 aliphatic carbocycles. The average Bonchev–Trinajstić information content (AvgIpc) is 3.31. The summed E-state index contributed by atoms with van der Waals surface area (Å²) < 4.78 is 17.1. The van der Waals surface area contributed by atoms with Crippen LogP contribution in [0.25, 0.3) is 0 Å². The summed E-state index contributed by atoms with van der Waals surface area (Å²) in [7, 11) is 0. The fourth-order valence-corrected chi connectivity index (χ4v) is 3.65. The van der Waals surface area contributed by atoms with Gasteiger partial charge in [0.2, 0.25) is 0 Å². The monoisotopic (exact) mass is 526 g/mol. The van der Waals surface area contributed by atoms with Crippen LogP contribution in [-0.4, -0.2) is 10.8 Å². The molecule has 184 valence electrons. The quantitative estimate of drug-likeness (QED) is 0.186. The molecule has 0 saturated carbocycles. The van der Waals surface area contributed by atoms with E-state index in [1.54, 1.807) is 49.4 Å². The molecule has 0 aliphatic heterocycles. The molecule has 3 aromatic carbocycles. The van der Waals surface area contributed by atoms with Crippen molar-refractivity contribution in [2.45, 2.75) is 20.5 Å². The van der Waals surface area contributed by atoms with E-state index < -0.39 is 10.8 Å². The predicted molar refractivity (Wildman–Crippen MR) is 137 cm³/mol. The lowest BCUT2D eigenvalue weighted by Crippen LogP contribution is -2.11. The maximum absolute atomic E-state index is 12.7. The Morgan fingerprint density at radius 1 is 0.972 bits per heavy atom. The average molecular weight is 527 g/mol. The summed E-state index contributed by atoms with van der Waals surface area (Å²) in [6, 6.07) is 17.4. The zero-order valence-corrected chi connectivity index (χ0v) is 20.7. The van der Waals surface area contributed by atoms with E-state index in [0.29, 0.717) is 27.3 Å². The number of rotatable bonds is 8. The minimum absolute atomic E-state index is 0.0170. The number of hydrogen-bond acceptors (Lipinski definition) is 6. The maximum atomic E-state index is 12.7. The van der Waals surface area contributed by atoms with Crippen LogP contribution in [0.4, 0.5) is 11.4 Å². The summed E-state index contributed by atoms with van der Waals surface area (Å²) >= 11 is 12.0. The number of anilines is 1. The number of furan rings is 1. The molecule has 0 radical (unpaired) electrons. The summed E-state index contributed by atoms with van der Waals surface area (Å²) in [5, 5.41) is 15.2. The second-order valence-corrected chi connectivity index (χ2v) is 8.75. The topological polar surface area (TPSA) is 104 Å². The number of nitrogens with zero attached hydrogens (tertiary/aromatic N) is 1. The molecule has 10 heteroatoms. The highest BCUT2D eigenvalue weighted by Crippen LogP contribution is 2.32. The van der Waals surface area contributed by atoms with E-state index in [-0.39, 0.29) is 29.5 Å². The molecule has 4 aromatic rings. The number of ether oxygens (including phenoxy) is 2. The van der Waals surface area contributed by atoms with Gasteiger partial charge in [-0.15, -0.1) is 0 Å². The highest BCUT2D eigenvalue weighted by atomic mass is 35.5. The van der Waals surface area contributed by atoms with Gasteiger partial charge < -0.3 is 19.2 Å². The predicted octanol–water partition coefficient (Wildman–Crippen LogP) is 7.74. The Morgan fingerprint density at radius 2 is 1.78 bits per heavy atom. The second-order valence-electron chi connectivity index (χ2n) is 7.90. The fourth-order valence-electron chi connectivity index (χ4n) is 3.31. The molecule has 0 spiro atoms. The van der Waals surface area contributed by atoms with Crippen molar-refractivity contribution in [1.29, 1.82) is 0 Å². The molecule has 4 rings (SSSR count). The Bertz CT molecular complexity index is 1450. The molecule has 0 fully saturated rings. The number of non-ortho nitro benzene ring substituents is 1. The summed E-state index contributed by atoms with van der Waals surface area (Å²) in [4.78, 5) is 23.6. The van der Waals surface area contributed by atoms with E-state index in [1.807, 2.05) is 6.92 Å². The first-order valence-electron chi connectivity index (χ1n) is 10.7. The van der Waals surface area contributed by atoms with Crippen molar-refractivity contribution in [3.05, 3.63) is 110 Å². The number of carbonyl (C=O) groups excluding carboxylic acids is 1. The number of nitro benzene ring substituents is 1. The second kappa shape index (κ2) is 10.7. The van der Waals surface area contributed by atoms with Crippen LogP contribution in [0.1, 0.15) is 27.4 Å². The Hall–Kier alpha value is -4.01. The van der Waals surface area contributed by atoms with E-state index in [1.165, 1.54) is 24.3 Å². The van der Waals surface area contributed by atoms with E-state index in [2.05, 4.69) is 5.32 Å². The highest BCUT2D eigenvalue weighted by molar-refractivity contribution is 6.31. The number of hydrogen-bond donors (Lipinski definition) is 1. The number of nitro groups is 1. The van der Waals surface area contributed by atoms with Gasteiger partial charge in [-0.1, -0.05) is 23.2 Å². The summed E-state index contributed by atoms with van der Waals surface area (Å²) in [6.45, 7) is 3.77.